The van der Waals surface area contributed by atoms with E-state index >= 15 is 0 Å². The molecule has 1 aromatic carbocycles. The van der Waals surface area contributed by atoms with Crippen LogP contribution in [0.1, 0.15) is 54.0 Å². The van der Waals surface area contributed by atoms with E-state index in [9.17, 15) is 9.59 Å². The molecule has 0 spiro atoms. The van der Waals surface area contributed by atoms with Gasteiger partial charge in [-0.1, -0.05) is 13.0 Å². The molecule has 2 amide bonds. The van der Waals surface area contributed by atoms with Crippen molar-refractivity contribution < 1.29 is 9.59 Å². The number of nitrogens with one attached hydrogen (secondary N) is 2. The Balaban J connectivity index is 1.29. The van der Waals surface area contributed by atoms with E-state index in [0.717, 1.165) is 67.5 Å². The zero-order valence-electron chi connectivity index (χ0n) is 21.8. The minimum absolute atomic E-state index is 0.130. The van der Waals surface area contributed by atoms with Crippen LogP contribution in [0.2, 0.25) is 0 Å². The molecule has 0 atom stereocenters. The third kappa shape index (κ3) is 5.74. The van der Waals surface area contributed by atoms with Gasteiger partial charge in [-0.05, 0) is 80.1 Å². The fraction of sp³-hybridized carbons (Fsp3) is 0.379. The molecular formula is C29H34N6O2. The summed E-state index contributed by atoms with van der Waals surface area (Å²) >= 11 is 0. The molecule has 1 saturated heterocycles. The van der Waals surface area contributed by atoms with Gasteiger partial charge in [0.05, 0.1) is 17.8 Å². The summed E-state index contributed by atoms with van der Waals surface area (Å²) < 4.78 is 0. The number of amides is 2. The van der Waals surface area contributed by atoms with Crippen LogP contribution in [0.4, 0.5) is 23.0 Å². The van der Waals surface area contributed by atoms with Crippen molar-refractivity contribution in [3.05, 3.63) is 71.0 Å². The fourth-order valence-corrected chi connectivity index (χ4v) is 5.11. The van der Waals surface area contributed by atoms with Crippen LogP contribution in [0.15, 0.2) is 48.5 Å². The average molecular weight is 499 g/mol. The van der Waals surface area contributed by atoms with Crippen molar-refractivity contribution in [3.8, 4) is 0 Å². The first-order valence-electron chi connectivity index (χ1n) is 13.0. The monoisotopic (exact) mass is 498 g/mol. The Morgan fingerprint density at radius 2 is 1.81 bits per heavy atom. The van der Waals surface area contributed by atoms with Crippen molar-refractivity contribution in [2.75, 3.05) is 40.1 Å². The third-order valence-electron chi connectivity index (χ3n) is 7.13. The van der Waals surface area contributed by atoms with Gasteiger partial charge in [0.1, 0.15) is 11.6 Å². The van der Waals surface area contributed by atoms with Gasteiger partial charge < -0.3 is 20.4 Å². The van der Waals surface area contributed by atoms with E-state index in [0.29, 0.717) is 23.8 Å². The van der Waals surface area contributed by atoms with Crippen molar-refractivity contribution in [3.63, 3.8) is 0 Å². The number of nitrogens with zero attached hydrogens (tertiary/aromatic N) is 4. The third-order valence-corrected chi connectivity index (χ3v) is 7.13. The van der Waals surface area contributed by atoms with Gasteiger partial charge in [0.25, 0.3) is 5.91 Å². The lowest BCUT2D eigenvalue weighted by Gasteiger charge is -2.32. The predicted octanol–water partition coefficient (Wildman–Crippen LogP) is 4.79. The molecule has 0 aliphatic carbocycles. The van der Waals surface area contributed by atoms with E-state index in [1.807, 2.05) is 37.3 Å². The largest absolute Gasteiger partial charge is 0.365 e. The quantitative estimate of drug-likeness (QED) is 0.508. The van der Waals surface area contributed by atoms with Gasteiger partial charge in [-0.3, -0.25) is 9.59 Å². The normalized spacial score (nSPS) is 15.4. The Morgan fingerprint density at radius 1 is 1.00 bits per heavy atom. The van der Waals surface area contributed by atoms with Crippen LogP contribution in [0.5, 0.6) is 0 Å². The highest BCUT2D eigenvalue weighted by atomic mass is 16.2. The second-order valence-corrected chi connectivity index (χ2v) is 10.2. The molecule has 5 rings (SSSR count). The summed E-state index contributed by atoms with van der Waals surface area (Å²) in [5.74, 6) is 1.79. The van der Waals surface area contributed by atoms with Crippen LogP contribution in [0, 0.1) is 12.8 Å². The van der Waals surface area contributed by atoms with Gasteiger partial charge in [-0.15, -0.1) is 0 Å². The Bertz CT molecular complexity index is 1320. The summed E-state index contributed by atoms with van der Waals surface area (Å²) in [4.78, 5) is 38.5. The average Bonchev–Trinajstić information content (AvgIpc) is 3.26. The lowest BCUT2D eigenvalue weighted by molar-refractivity contribution is -0.114. The topological polar surface area (TPSA) is 90.5 Å². The SMILES string of the molecule is CC(=O)Nc1cccc(CN2CCc3cc(NC(=O)c4ccc(C)nc4N4CCC(C)CC4)ccc32)n1. The smallest absolute Gasteiger partial charge is 0.259 e. The van der Waals surface area contributed by atoms with E-state index < -0.39 is 0 Å². The van der Waals surface area contributed by atoms with Gasteiger partial charge in [-0.2, -0.15) is 0 Å². The molecule has 2 aliphatic heterocycles. The second kappa shape index (κ2) is 10.6. The van der Waals surface area contributed by atoms with Gasteiger partial charge in [0.15, 0.2) is 0 Å². The maximum absolute atomic E-state index is 13.3. The van der Waals surface area contributed by atoms with Crippen molar-refractivity contribution in [2.45, 2.75) is 46.6 Å². The number of piperidine rings is 1. The molecule has 192 valence electrons. The first kappa shape index (κ1) is 24.7. The first-order valence-corrected chi connectivity index (χ1v) is 13.0. The van der Waals surface area contributed by atoms with Crippen LogP contribution < -0.4 is 20.4 Å². The molecule has 1 fully saturated rings. The summed E-state index contributed by atoms with van der Waals surface area (Å²) in [7, 11) is 0. The summed E-state index contributed by atoms with van der Waals surface area (Å²) in [6.45, 7) is 9.10. The molecule has 0 bridgehead atoms. The van der Waals surface area contributed by atoms with Crippen molar-refractivity contribution in [1.82, 2.24) is 9.97 Å². The molecule has 2 aromatic heterocycles. The number of hydrogen-bond acceptors (Lipinski definition) is 6. The van der Waals surface area contributed by atoms with Crippen molar-refractivity contribution in [2.24, 2.45) is 5.92 Å². The summed E-state index contributed by atoms with van der Waals surface area (Å²) in [5.41, 5.74) is 5.55. The number of carbonyl (C=O) groups excluding carboxylic acids is 2. The fourth-order valence-electron chi connectivity index (χ4n) is 5.11. The Morgan fingerprint density at radius 3 is 2.59 bits per heavy atom. The summed E-state index contributed by atoms with van der Waals surface area (Å²) in [6, 6.07) is 15.5. The van der Waals surface area contributed by atoms with Crippen molar-refractivity contribution >= 4 is 34.8 Å². The minimum Gasteiger partial charge on any atom is -0.365 e. The first-order chi connectivity index (χ1) is 17.9. The van der Waals surface area contributed by atoms with Crippen LogP contribution in [0.3, 0.4) is 0 Å². The summed E-state index contributed by atoms with van der Waals surface area (Å²) in [5, 5.41) is 5.85. The maximum atomic E-state index is 13.3. The second-order valence-electron chi connectivity index (χ2n) is 10.2. The number of benzene rings is 1. The Kier molecular flexibility index (Phi) is 7.08. The number of pyridine rings is 2. The molecule has 4 heterocycles. The number of aromatic nitrogens is 2. The number of fused-ring (bicyclic) bond motifs is 1. The molecule has 2 aliphatic rings. The van der Waals surface area contributed by atoms with Crippen molar-refractivity contribution in [1.29, 1.82) is 0 Å². The molecule has 3 aromatic rings. The molecule has 8 nitrogen and oxygen atoms in total. The number of aryl methyl sites for hydroxylation is 1. The van der Waals surface area contributed by atoms with Crippen LogP contribution in [0.25, 0.3) is 0 Å². The highest BCUT2D eigenvalue weighted by molar-refractivity contribution is 6.07. The number of rotatable bonds is 6. The molecule has 8 heteroatoms. The van der Waals surface area contributed by atoms with Gasteiger partial charge in [0.2, 0.25) is 5.91 Å². The molecule has 0 saturated carbocycles. The zero-order chi connectivity index (χ0) is 25.9. The molecule has 2 N–H and O–H groups in total. The molecular weight excluding hydrogens is 464 g/mol. The van der Waals surface area contributed by atoms with E-state index in [2.05, 4.69) is 44.5 Å². The lowest BCUT2D eigenvalue weighted by Crippen LogP contribution is -2.35. The van der Waals surface area contributed by atoms with Gasteiger partial charge in [-0.25, -0.2) is 9.97 Å². The Hall–Kier alpha value is -3.94. The van der Waals surface area contributed by atoms with Crippen LogP contribution in [-0.4, -0.2) is 41.4 Å². The molecule has 0 radical (unpaired) electrons. The lowest BCUT2D eigenvalue weighted by atomic mass is 9.99. The number of anilines is 4. The van der Waals surface area contributed by atoms with E-state index in [1.165, 1.54) is 12.5 Å². The number of hydrogen-bond donors (Lipinski definition) is 2. The van der Waals surface area contributed by atoms with E-state index in [1.54, 1.807) is 6.07 Å². The molecule has 0 unspecified atom stereocenters. The maximum Gasteiger partial charge on any atom is 0.259 e. The van der Waals surface area contributed by atoms with E-state index in [4.69, 9.17) is 4.98 Å². The highest BCUT2D eigenvalue weighted by Gasteiger charge is 2.24. The number of carbonyl (C=O) groups is 2. The Labute approximate surface area is 218 Å². The standard InChI is InChI=1S/C29H34N6O2/c1-19-11-14-34(15-12-19)28-25(9-7-20(2)30-28)29(37)33-23-8-10-26-22(17-23)13-16-35(26)18-24-5-4-6-27(32-24)31-21(3)36/h4-10,17,19H,11-16,18H2,1-3H3,(H,33,37)(H,31,32,36). The summed E-state index contributed by atoms with van der Waals surface area (Å²) in [6.07, 6.45) is 3.13. The van der Waals surface area contributed by atoms with Gasteiger partial charge >= 0.3 is 0 Å². The molecule has 37 heavy (non-hydrogen) atoms. The van der Waals surface area contributed by atoms with Gasteiger partial charge in [0, 0.05) is 43.6 Å². The minimum atomic E-state index is -0.134. The van der Waals surface area contributed by atoms with Crippen LogP contribution >= 0.6 is 0 Å². The predicted molar refractivity (Wildman–Crippen MR) is 147 cm³/mol. The van der Waals surface area contributed by atoms with E-state index in [-0.39, 0.29) is 11.8 Å². The van der Waals surface area contributed by atoms with Crippen LogP contribution in [-0.2, 0) is 17.8 Å². The zero-order valence-corrected chi connectivity index (χ0v) is 21.8. The highest BCUT2D eigenvalue weighted by Crippen LogP contribution is 2.32.